The lowest BCUT2D eigenvalue weighted by Crippen LogP contribution is -2.40. The molecule has 0 saturated carbocycles. The molecule has 0 aliphatic rings. The Morgan fingerprint density at radius 2 is 2.27 bits per heavy atom. The maximum absolute atomic E-state index is 10.5. The van der Waals surface area contributed by atoms with Crippen molar-refractivity contribution >= 4 is 5.91 Å². The lowest BCUT2D eigenvalue weighted by molar-refractivity contribution is -0.122. The Kier molecular flexibility index (Phi) is 5.67. The van der Waals surface area contributed by atoms with Crippen molar-refractivity contribution in [2.24, 2.45) is 11.6 Å². The van der Waals surface area contributed by atoms with E-state index in [2.05, 4.69) is 5.43 Å². The van der Waals surface area contributed by atoms with Crippen molar-refractivity contribution in [1.82, 2.24) is 10.9 Å². The van der Waals surface area contributed by atoms with Crippen LogP contribution in [0.3, 0.4) is 0 Å². The van der Waals surface area contributed by atoms with E-state index in [0.29, 0.717) is 19.4 Å². The van der Waals surface area contributed by atoms with Crippen LogP contribution >= 0.6 is 0 Å². The molecule has 0 bridgehead atoms. The van der Waals surface area contributed by atoms with Gasteiger partial charge in [0, 0.05) is 6.54 Å². The van der Waals surface area contributed by atoms with E-state index >= 15 is 0 Å². The predicted octanol–water partition coefficient (Wildman–Crippen LogP) is -1.94. The number of hydrogen-bond donors (Lipinski definition) is 5. The third-order valence-corrected chi connectivity index (χ3v) is 1.31. The van der Waals surface area contributed by atoms with Crippen LogP contribution in [0, 0.1) is 0 Å². The maximum atomic E-state index is 10.5. The highest BCUT2D eigenvalue weighted by Gasteiger charge is 2.11. The van der Waals surface area contributed by atoms with Gasteiger partial charge in [-0.1, -0.05) is 0 Å². The maximum Gasteiger partial charge on any atom is 0.236 e. The van der Waals surface area contributed by atoms with E-state index in [0.717, 1.165) is 0 Å². The normalized spacial score (nSPS) is 12.9. The first-order valence-corrected chi connectivity index (χ1v) is 3.34. The minimum atomic E-state index is -0.677. The standard InChI is InChI=1S/C5H14N4O2/c6-5(10)4(9-11)2-1-3-8-7/h4,8-9,11H,1-3,7H2,(H2,6,10)/t4-/m0/s1. The second-order valence-corrected chi connectivity index (χ2v) is 2.18. The summed E-state index contributed by atoms with van der Waals surface area (Å²) < 4.78 is 0. The van der Waals surface area contributed by atoms with Gasteiger partial charge in [-0.2, -0.15) is 5.48 Å². The molecule has 0 unspecified atom stereocenters. The summed E-state index contributed by atoms with van der Waals surface area (Å²) in [7, 11) is 0. The number of primary amides is 1. The largest absolute Gasteiger partial charge is 0.368 e. The second-order valence-electron chi connectivity index (χ2n) is 2.18. The van der Waals surface area contributed by atoms with Crippen LogP contribution in [-0.2, 0) is 4.79 Å². The van der Waals surface area contributed by atoms with Crippen LogP contribution in [0.25, 0.3) is 0 Å². The lowest BCUT2D eigenvalue weighted by atomic mass is 10.1. The van der Waals surface area contributed by atoms with Crippen LogP contribution in [0.4, 0.5) is 0 Å². The molecule has 6 heteroatoms. The first-order valence-electron chi connectivity index (χ1n) is 3.34. The average molecular weight is 162 g/mol. The van der Waals surface area contributed by atoms with E-state index in [9.17, 15) is 4.79 Å². The summed E-state index contributed by atoms with van der Waals surface area (Å²) >= 11 is 0. The van der Waals surface area contributed by atoms with Gasteiger partial charge in [0.1, 0.15) is 6.04 Å². The molecule has 0 rings (SSSR count). The molecule has 0 saturated heterocycles. The Morgan fingerprint density at radius 3 is 2.64 bits per heavy atom. The molecule has 6 nitrogen and oxygen atoms in total. The zero-order chi connectivity index (χ0) is 8.69. The molecule has 1 atom stereocenters. The summed E-state index contributed by atoms with van der Waals surface area (Å²) in [6, 6.07) is -0.677. The summed E-state index contributed by atoms with van der Waals surface area (Å²) in [6.45, 7) is 0.589. The summed E-state index contributed by atoms with van der Waals surface area (Å²) in [4.78, 5) is 10.5. The first kappa shape index (κ1) is 10.3. The Hall–Kier alpha value is -0.690. The van der Waals surface area contributed by atoms with Gasteiger partial charge in [0.15, 0.2) is 0 Å². The summed E-state index contributed by atoms with van der Waals surface area (Å²) in [5, 5.41) is 8.39. The Morgan fingerprint density at radius 1 is 1.64 bits per heavy atom. The number of carbonyl (C=O) groups excluding carboxylic acids is 1. The van der Waals surface area contributed by atoms with Crippen molar-refractivity contribution < 1.29 is 10.0 Å². The minimum Gasteiger partial charge on any atom is -0.368 e. The van der Waals surface area contributed by atoms with Gasteiger partial charge in [-0.25, -0.2) is 0 Å². The predicted molar refractivity (Wildman–Crippen MR) is 39.3 cm³/mol. The number of amides is 1. The fraction of sp³-hybridized carbons (Fsp3) is 0.800. The van der Waals surface area contributed by atoms with Gasteiger partial charge < -0.3 is 10.9 Å². The third kappa shape index (κ3) is 4.68. The number of rotatable bonds is 6. The van der Waals surface area contributed by atoms with Crippen molar-refractivity contribution in [2.75, 3.05) is 6.54 Å². The van der Waals surface area contributed by atoms with Gasteiger partial charge in [-0.3, -0.25) is 16.1 Å². The van der Waals surface area contributed by atoms with Crippen LogP contribution in [0.15, 0.2) is 0 Å². The smallest absolute Gasteiger partial charge is 0.236 e. The lowest BCUT2D eigenvalue weighted by Gasteiger charge is -2.09. The number of hydroxylamine groups is 1. The Bertz CT molecular complexity index is 119. The van der Waals surface area contributed by atoms with Gasteiger partial charge >= 0.3 is 0 Å². The van der Waals surface area contributed by atoms with Gasteiger partial charge in [0.2, 0.25) is 5.91 Å². The monoisotopic (exact) mass is 162 g/mol. The van der Waals surface area contributed by atoms with Crippen LogP contribution in [0.2, 0.25) is 0 Å². The van der Waals surface area contributed by atoms with Crippen LogP contribution < -0.4 is 22.5 Å². The Balaban J connectivity index is 3.44. The molecule has 0 aliphatic carbocycles. The van der Waals surface area contributed by atoms with Gasteiger partial charge in [-0.05, 0) is 12.8 Å². The van der Waals surface area contributed by atoms with Gasteiger partial charge in [0.25, 0.3) is 0 Å². The topological polar surface area (TPSA) is 113 Å². The number of nitrogens with one attached hydrogen (secondary N) is 2. The molecule has 0 radical (unpaired) electrons. The minimum absolute atomic E-state index is 0.468. The van der Waals surface area contributed by atoms with E-state index in [1.54, 1.807) is 0 Å². The number of hydrazine groups is 1. The van der Waals surface area contributed by atoms with E-state index < -0.39 is 11.9 Å². The molecular formula is C5H14N4O2. The molecule has 0 aromatic rings. The highest BCUT2D eigenvalue weighted by atomic mass is 16.5. The molecular weight excluding hydrogens is 148 g/mol. The van der Waals surface area contributed by atoms with Crippen molar-refractivity contribution in [1.29, 1.82) is 0 Å². The van der Waals surface area contributed by atoms with Crippen LogP contribution in [0.5, 0.6) is 0 Å². The molecule has 0 aromatic carbocycles. The molecule has 7 N–H and O–H groups in total. The van der Waals surface area contributed by atoms with E-state index in [-0.39, 0.29) is 0 Å². The van der Waals surface area contributed by atoms with Crippen LogP contribution in [0.1, 0.15) is 12.8 Å². The fourth-order valence-corrected chi connectivity index (χ4v) is 0.679. The zero-order valence-electron chi connectivity index (χ0n) is 6.21. The van der Waals surface area contributed by atoms with E-state index in [1.165, 1.54) is 0 Å². The quantitative estimate of drug-likeness (QED) is 0.177. The zero-order valence-corrected chi connectivity index (χ0v) is 6.21. The van der Waals surface area contributed by atoms with Crippen molar-refractivity contribution in [2.45, 2.75) is 18.9 Å². The van der Waals surface area contributed by atoms with Crippen LogP contribution in [-0.4, -0.2) is 23.7 Å². The molecule has 0 spiro atoms. The van der Waals surface area contributed by atoms with Crippen molar-refractivity contribution in [3.05, 3.63) is 0 Å². The first-order chi connectivity index (χ1) is 5.22. The average Bonchev–Trinajstić information content (AvgIpc) is 1.97. The summed E-state index contributed by atoms with van der Waals surface area (Å²) in [6.07, 6.45) is 1.15. The molecule has 11 heavy (non-hydrogen) atoms. The molecule has 1 amide bonds. The molecule has 66 valence electrons. The third-order valence-electron chi connectivity index (χ3n) is 1.31. The summed E-state index contributed by atoms with van der Waals surface area (Å²) in [5.74, 6) is 4.42. The molecule has 0 fully saturated rings. The summed E-state index contributed by atoms with van der Waals surface area (Å²) in [5.41, 5.74) is 9.16. The van der Waals surface area contributed by atoms with E-state index in [1.807, 2.05) is 5.48 Å². The molecule has 0 aromatic heterocycles. The number of hydrogen-bond acceptors (Lipinski definition) is 5. The second kappa shape index (κ2) is 6.05. The number of carbonyl (C=O) groups is 1. The fourth-order valence-electron chi connectivity index (χ4n) is 0.679. The highest BCUT2D eigenvalue weighted by molar-refractivity contribution is 5.79. The van der Waals surface area contributed by atoms with Crippen molar-refractivity contribution in [3.8, 4) is 0 Å². The Labute approximate surface area is 64.9 Å². The molecule has 0 aliphatic heterocycles. The highest BCUT2D eigenvalue weighted by Crippen LogP contribution is 1.93. The molecule has 0 heterocycles. The SMILES string of the molecule is NNCCC[C@H](NO)C(N)=O. The van der Waals surface area contributed by atoms with Gasteiger partial charge in [-0.15, -0.1) is 0 Å². The van der Waals surface area contributed by atoms with E-state index in [4.69, 9.17) is 16.8 Å². The van der Waals surface area contributed by atoms with Gasteiger partial charge in [0.05, 0.1) is 0 Å². The number of nitrogens with two attached hydrogens (primary N) is 2. The van der Waals surface area contributed by atoms with Crippen molar-refractivity contribution in [3.63, 3.8) is 0 Å².